The molecule has 0 bridgehead atoms. The van der Waals surface area contributed by atoms with Crippen LogP contribution in [0.25, 0.3) is 6.08 Å². The van der Waals surface area contributed by atoms with Gasteiger partial charge in [0.05, 0.1) is 0 Å². The Kier molecular flexibility index (Phi) is 5.96. The minimum Gasteiger partial charge on any atom is -0.478 e. The van der Waals surface area contributed by atoms with Crippen LogP contribution in [0.2, 0.25) is 0 Å². The average molecular weight is 289 g/mol. The molecule has 1 N–H and O–H groups in total. The fourth-order valence-electron chi connectivity index (χ4n) is 2.73. The summed E-state index contributed by atoms with van der Waals surface area (Å²) in [7, 11) is 2.12. The molecule has 0 aliphatic carbocycles. The maximum Gasteiger partial charge on any atom is 0.328 e. The number of aliphatic carboxylic acids is 1. The summed E-state index contributed by atoms with van der Waals surface area (Å²) in [5.74, 6) is -0.217. The van der Waals surface area contributed by atoms with Crippen LogP contribution in [-0.2, 0) is 16.1 Å². The quantitative estimate of drug-likeness (QED) is 0.818. The molecule has 1 heterocycles. The molecule has 0 aromatic heterocycles. The van der Waals surface area contributed by atoms with Gasteiger partial charge in [-0.3, -0.25) is 0 Å². The maximum absolute atomic E-state index is 10.7. The number of carbonyl (C=O) groups is 1. The normalized spacial score (nSPS) is 16.7. The Labute approximate surface area is 126 Å². The molecule has 4 nitrogen and oxygen atoms in total. The summed E-state index contributed by atoms with van der Waals surface area (Å²) in [5.41, 5.74) is 2.13. The number of ether oxygens (including phenoxy) is 1. The van der Waals surface area contributed by atoms with Gasteiger partial charge in [0.15, 0.2) is 0 Å². The number of carboxylic acids is 1. The van der Waals surface area contributed by atoms with E-state index in [0.29, 0.717) is 5.92 Å². The molecule has 1 fully saturated rings. The van der Waals surface area contributed by atoms with Crippen LogP contribution in [0.3, 0.4) is 0 Å². The van der Waals surface area contributed by atoms with Gasteiger partial charge in [0.25, 0.3) is 0 Å². The number of hydrogen-bond acceptors (Lipinski definition) is 3. The second-order valence-electron chi connectivity index (χ2n) is 5.62. The van der Waals surface area contributed by atoms with Crippen molar-refractivity contribution in [3.05, 3.63) is 41.5 Å². The maximum atomic E-state index is 10.7. The highest BCUT2D eigenvalue weighted by Gasteiger charge is 2.16. The van der Waals surface area contributed by atoms with Gasteiger partial charge in [0, 0.05) is 32.4 Å². The van der Waals surface area contributed by atoms with E-state index in [2.05, 4.69) is 18.0 Å². The molecule has 1 aliphatic rings. The summed E-state index contributed by atoms with van der Waals surface area (Å²) in [6.07, 6.45) is 5.12. The van der Waals surface area contributed by atoms with Crippen molar-refractivity contribution in [2.24, 2.45) is 5.92 Å². The van der Waals surface area contributed by atoms with E-state index in [1.165, 1.54) is 6.08 Å². The van der Waals surface area contributed by atoms with Crippen molar-refractivity contribution >= 4 is 12.0 Å². The second-order valence-corrected chi connectivity index (χ2v) is 5.62. The summed E-state index contributed by atoms with van der Waals surface area (Å²) < 4.78 is 5.39. The van der Waals surface area contributed by atoms with E-state index in [1.807, 2.05) is 18.2 Å². The lowest BCUT2D eigenvalue weighted by atomic mass is 9.99. The van der Waals surface area contributed by atoms with Crippen LogP contribution in [0, 0.1) is 5.92 Å². The Morgan fingerprint density at radius 3 is 2.81 bits per heavy atom. The predicted molar refractivity (Wildman–Crippen MR) is 83.0 cm³/mol. The molecule has 1 aliphatic heterocycles. The summed E-state index contributed by atoms with van der Waals surface area (Å²) >= 11 is 0. The molecule has 2 rings (SSSR count). The van der Waals surface area contributed by atoms with E-state index in [9.17, 15) is 4.79 Å². The molecular weight excluding hydrogens is 266 g/mol. The fraction of sp³-hybridized carbons (Fsp3) is 0.471. The smallest absolute Gasteiger partial charge is 0.328 e. The first-order valence-corrected chi connectivity index (χ1v) is 7.40. The Hall–Kier alpha value is -1.65. The van der Waals surface area contributed by atoms with Gasteiger partial charge in [0.2, 0.25) is 0 Å². The molecule has 0 atom stereocenters. The summed E-state index contributed by atoms with van der Waals surface area (Å²) in [6, 6.07) is 7.94. The van der Waals surface area contributed by atoms with Crippen molar-refractivity contribution in [1.82, 2.24) is 4.90 Å². The van der Waals surface area contributed by atoms with Crippen LogP contribution in [-0.4, -0.2) is 42.8 Å². The van der Waals surface area contributed by atoms with Gasteiger partial charge in [0.1, 0.15) is 0 Å². The first kappa shape index (κ1) is 15.7. The third-order valence-corrected chi connectivity index (χ3v) is 3.81. The van der Waals surface area contributed by atoms with Gasteiger partial charge in [-0.1, -0.05) is 24.3 Å². The molecule has 0 spiro atoms. The number of nitrogens with zero attached hydrogens (tertiary/aromatic N) is 1. The van der Waals surface area contributed by atoms with Gasteiger partial charge in [-0.25, -0.2) is 4.79 Å². The highest BCUT2D eigenvalue weighted by molar-refractivity contribution is 5.85. The summed E-state index contributed by atoms with van der Waals surface area (Å²) in [6.45, 7) is 3.63. The number of hydrogen-bond donors (Lipinski definition) is 1. The highest BCUT2D eigenvalue weighted by Crippen LogP contribution is 2.18. The van der Waals surface area contributed by atoms with E-state index in [4.69, 9.17) is 9.84 Å². The van der Waals surface area contributed by atoms with Crippen molar-refractivity contribution < 1.29 is 14.6 Å². The van der Waals surface area contributed by atoms with Crippen LogP contribution in [0.15, 0.2) is 30.3 Å². The van der Waals surface area contributed by atoms with E-state index < -0.39 is 5.97 Å². The van der Waals surface area contributed by atoms with Crippen molar-refractivity contribution in [1.29, 1.82) is 0 Å². The van der Waals surface area contributed by atoms with Crippen LogP contribution < -0.4 is 0 Å². The molecule has 0 radical (unpaired) electrons. The van der Waals surface area contributed by atoms with E-state index in [-0.39, 0.29) is 0 Å². The van der Waals surface area contributed by atoms with E-state index >= 15 is 0 Å². The minimum absolute atomic E-state index is 0.700. The zero-order chi connectivity index (χ0) is 15.1. The van der Waals surface area contributed by atoms with E-state index in [1.54, 1.807) is 6.08 Å². The van der Waals surface area contributed by atoms with Gasteiger partial charge in [-0.15, -0.1) is 0 Å². The Bertz CT molecular complexity index is 493. The third-order valence-electron chi connectivity index (χ3n) is 3.81. The van der Waals surface area contributed by atoms with Crippen LogP contribution in [0.5, 0.6) is 0 Å². The lowest BCUT2D eigenvalue weighted by Gasteiger charge is -2.27. The van der Waals surface area contributed by atoms with E-state index in [0.717, 1.165) is 50.3 Å². The standard InChI is InChI=1S/C17H23NO3/c1-18(12-14-8-10-21-11-9-14)13-16-5-3-2-4-15(16)6-7-17(19)20/h2-7,14H,8-13H2,1H3,(H,19,20). The van der Waals surface area contributed by atoms with Crippen LogP contribution in [0.4, 0.5) is 0 Å². The Balaban J connectivity index is 1.96. The van der Waals surface area contributed by atoms with Gasteiger partial charge in [-0.2, -0.15) is 0 Å². The first-order chi connectivity index (χ1) is 10.1. The van der Waals surface area contributed by atoms with Crippen molar-refractivity contribution in [3.8, 4) is 0 Å². The lowest BCUT2D eigenvalue weighted by Crippen LogP contribution is -2.29. The molecule has 21 heavy (non-hydrogen) atoms. The SMILES string of the molecule is CN(Cc1ccccc1C=CC(=O)O)CC1CCOCC1. The summed E-state index contributed by atoms with van der Waals surface area (Å²) in [4.78, 5) is 13.0. The first-order valence-electron chi connectivity index (χ1n) is 7.40. The zero-order valence-electron chi connectivity index (χ0n) is 12.5. The highest BCUT2D eigenvalue weighted by atomic mass is 16.5. The third kappa shape index (κ3) is 5.33. The molecule has 0 amide bonds. The predicted octanol–water partition coefficient (Wildman–Crippen LogP) is 2.64. The van der Waals surface area contributed by atoms with Crippen molar-refractivity contribution in [2.75, 3.05) is 26.8 Å². The number of rotatable bonds is 6. The second kappa shape index (κ2) is 7.96. The zero-order valence-corrected chi connectivity index (χ0v) is 12.5. The largest absolute Gasteiger partial charge is 0.478 e. The molecule has 1 aromatic carbocycles. The molecule has 1 saturated heterocycles. The number of benzene rings is 1. The lowest BCUT2D eigenvalue weighted by molar-refractivity contribution is -0.131. The van der Waals surface area contributed by atoms with Crippen LogP contribution >= 0.6 is 0 Å². The van der Waals surface area contributed by atoms with Crippen LogP contribution in [0.1, 0.15) is 24.0 Å². The fourth-order valence-corrected chi connectivity index (χ4v) is 2.73. The van der Waals surface area contributed by atoms with Gasteiger partial charge >= 0.3 is 5.97 Å². The van der Waals surface area contributed by atoms with Crippen molar-refractivity contribution in [2.45, 2.75) is 19.4 Å². The van der Waals surface area contributed by atoms with Crippen molar-refractivity contribution in [3.63, 3.8) is 0 Å². The molecular formula is C17H23NO3. The molecule has 4 heteroatoms. The number of carboxylic acid groups (broad SMARTS) is 1. The van der Waals surface area contributed by atoms with Gasteiger partial charge < -0.3 is 14.7 Å². The monoisotopic (exact) mass is 289 g/mol. The molecule has 0 saturated carbocycles. The molecule has 114 valence electrons. The topological polar surface area (TPSA) is 49.8 Å². The minimum atomic E-state index is -0.916. The molecule has 0 unspecified atom stereocenters. The molecule has 1 aromatic rings. The Morgan fingerprint density at radius 1 is 1.38 bits per heavy atom. The van der Waals surface area contributed by atoms with Gasteiger partial charge in [-0.05, 0) is 43.0 Å². The average Bonchev–Trinajstić information content (AvgIpc) is 2.47. The Morgan fingerprint density at radius 2 is 2.10 bits per heavy atom. The summed E-state index contributed by atoms with van der Waals surface area (Å²) in [5, 5.41) is 8.75.